The van der Waals surface area contributed by atoms with Crippen LogP contribution in [0, 0.1) is 0 Å². The maximum atomic E-state index is 5.91. The zero-order valence-electron chi connectivity index (χ0n) is 8.37. The largest absolute Gasteiger partial charge is 0.324 e. The van der Waals surface area contributed by atoms with Crippen LogP contribution in [0.3, 0.4) is 0 Å². The Kier molecular flexibility index (Phi) is 3.58. The number of halogens is 2. The van der Waals surface area contributed by atoms with Crippen molar-refractivity contribution < 1.29 is 0 Å². The Labute approximate surface area is 106 Å². The molecule has 1 heterocycles. The molecule has 0 spiro atoms. The highest BCUT2D eigenvalue weighted by molar-refractivity contribution is 9.10. The van der Waals surface area contributed by atoms with Crippen LogP contribution in [0.5, 0.6) is 0 Å². The second kappa shape index (κ2) is 4.95. The Balaban J connectivity index is 2.17. The summed E-state index contributed by atoms with van der Waals surface area (Å²) in [4.78, 5) is 4.24. The van der Waals surface area contributed by atoms with Gasteiger partial charge in [-0.05, 0) is 33.6 Å². The van der Waals surface area contributed by atoms with Crippen molar-refractivity contribution in [2.75, 3.05) is 0 Å². The number of nitrogens with one attached hydrogen (secondary N) is 1. The molecule has 4 nitrogen and oxygen atoms in total. The molecule has 0 aliphatic heterocycles. The Bertz CT molecular complexity index is 497. The lowest BCUT2D eigenvalue weighted by Crippen LogP contribution is -1.98. The Morgan fingerprint density at radius 1 is 1.44 bits per heavy atom. The first-order valence-electron chi connectivity index (χ1n) is 4.73. The van der Waals surface area contributed by atoms with Crippen LogP contribution >= 0.6 is 27.5 Å². The lowest BCUT2D eigenvalue weighted by atomic mass is 10.1. The predicted octanol–water partition coefficient (Wildman–Crippen LogP) is 2.27. The minimum absolute atomic E-state index is 0.348. The average Bonchev–Trinajstić information content (AvgIpc) is 2.71. The van der Waals surface area contributed by atoms with Gasteiger partial charge >= 0.3 is 0 Å². The summed E-state index contributed by atoms with van der Waals surface area (Å²) in [6, 6.07) is 5.77. The molecule has 0 aliphatic rings. The molecule has 84 valence electrons. The third kappa shape index (κ3) is 2.61. The number of H-pyrrole nitrogens is 1. The van der Waals surface area contributed by atoms with E-state index in [0.29, 0.717) is 23.8 Å². The van der Waals surface area contributed by atoms with E-state index in [1.165, 1.54) is 0 Å². The van der Waals surface area contributed by atoms with Crippen LogP contribution in [-0.4, -0.2) is 15.2 Å². The molecule has 1 aromatic heterocycles. The molecular weight excluding hydrogens is 291 g/mol. The van der Waals surface area contributed by atoms with E-state index >= 15 is 0 Å². The third-order valence-electron chi connectivity index (χ3n) is 2.12. The molecule has 2 aromatic rings. The van der Waals surface area contributed by atoms with Gasteiger partial charge in [-0.3, -0.25) is 5.10 Å². The molecule has 0 bridgehead atoms. The lowest BCUT2D eigenvalue weighted by molar-refractivity contribution is 0.916. The second-order valence-electron chi connectivity index (χ2n) is 3.33. The van der Waals surface area contributed by atoms with Gasteiger partial charge in [0.05, 0.1) is 11.6 Å². The number of hydrogen-bond donors (Lipinski definition) is 2. The first kappa shape index (κ1) is 11.6. The molecule has 1 aromatic carbocycles. The van der Waals surface area contributed by atoms with E-state index < -0.39 is 0 Å². The molecule has 0 fully saturated rings. The SMILES string of the molecule is NCc1n[nH]c(Cc2ccc(Cl)c(Br)c2)n1. The van der Waals surface area contributed by atoms with Crippen molar-refractivity contribution in [2.24, 2.45) is 5.73 Å². The fourth-order valence-corrected chi connectivity index (χ4v) is 1.89. The lowest BCUT2D eigenvalue weighted by Gasteiger charge is -2.00. The Hall–Kier alpha value is -0.910. The standard InChI is InChI=1S/C10H10BrClN4/c11-7-3-6(1-2-8(7)12)4-9-14-10(5-13)16-15-9/h1-3H,4-5,13H2,(H,14,15,16). The highest BCUT2D eigenvalue weighted by atomic mass is 79.9. The van der Waals surface area contributed by atoms with Crippen LogP contribution in [0.4, 0.5) is 0 Å². The zero-order chi connectivity index (χ0) is 11.5. The molecule has 6 heteroatoms. The summed E-state index contributed by atoms with van der Waals surface area (Å²) in [7, 11) is 0. The molecule has 0 atom stereocenters. The molecule has 0 unspecified atom stereocenters. The van der Waals surface area contributed by atoms with Gasteiger partial charge in [-0.25, -0.2) is 4.98 Å². The molecule has 2 rings (SSSR count). The number of aromatic nitrogens is 3. The van der Waals surface area contributed by atoms with E-state index in [1.54, 1.807) is 0 Å². The van der Waals surface area contributed by atoms with E-state index in [4.69, 9.17) is 17.3 Å². The fourth-order valence-electron chi connectivity index (χ4n) is 1.35. The molecule has 0 saturated heterocycles. The van der Waals surface area contributed by atoms with Gasteiger partial charge in [0, 0.05) is 10.9 Å². The van der Waals surface area contributed by atoms with Crippen LogP contribution in [0.15, 0.2) is 22.7 Å². The van der Waals surface area contributed by atoms with Gasteiger partial charge in [-0.15, -0.1) is 0 Å². The van der Waals surface area contributed by atoms with Crippen LogP contribution in [-0.2, 0) is 13.0 Å². The number of nitrogens with zero attached hydrogens (tertiary/aromatic N) is 2. The van der Waals surface area contributed by atoms with Gasteiger partial charge in [-0.2, -0.15) is 5.10 Å². The highest BCUT2D eigenvalue weighted by Gasteiger charge is 2.04. The molecule has 3 N–H and O–H groups in total. The van der Waals surface area contributed by atoms with Crippen LogP contribution in [0.2, 0.25) is 5.02 Å². The van der Waals surface area contributed by atoms with Crippen molar-refractivity contribution >= 4 is 27.5 Å². The van der Waals surface area contributed by atoms with Gasteiger partial charge in [0.1, 0.15) is 5.82 Å². The predicted molar refractivity (Wildman–Crippen MR) is 66.2 cm³/mol. The molecule has 0 radical (unpaired) electrons. The molecular formula is C10H10BrClN4. The fraction of sp³-hybridized carbons (Fsp3) is 0.200. The Morgan fingerprint density at radius 3 is 2.88 bits per heavy atom. The van der Waals surface area contributed by atoms with Crippen LogP contribution in [0.25, 0.3) is 0 Å². The summed E-state index contributed by atoms with van der Waals surface area (Å²) in [6.45, 7) is 0.348. The van der Waals surface area contributed by atoms with Crippen molar-refractivity contribution in [3.8, 4) is 0 Å². The summed E-state index contributed by atoms with van der Waals surface area (Å²) in [5.41, 5.74) is 6.54. The molecule has 0 amide bonds. The van der Waals surface area contributed by atoms with E-state index in [0.717, 1.165) is 15.9 Å². The van der Waals surface area contributed by atoms with Crippen molar-refractivity contribution in [2.45, 2.75) is 13.0 Å². The van der Waals surface area contributed by atoms with Crippen LogP contribution in [0.1, 0.15) is 17.2 Å². The highest BCUT2D eigenvalue weighted by Crippen LogP contribution is 2.23. The third-order valence-corrected chi connectivity index (χ3v) is 3.33. The van der Waals surface area contributed by atoms with Crippen molar-refractivity contribution in [1.82, 2.24) is 15.2 Å². The van der Waals surface area contributed by atoms with E-state index in [1.807, 2.05) is 18.2 Å². The number of nitrogens with two attached hydrogens (primary N) is 1. The molecule has 0 aliphatic carbocycles. The smallest absolute Gasteiger partial charge is 0.164 e. The summed E-state index contributed by atoms with van der Waals surface area (Å²) in [6.07, 6.45) is 0.683. The van der Waals surface area contributed by atoms with E-state index in [2.05, 4.69) is 31.1 Å². The van der Waals surface area contributed by atoms with Gasteiger partial charge in [-0.1, -0.05) is 17.7 Å². The van der Waals surface area contributed by atoms with Gasteiger partial charge < -0.3 is 5.73 Å². The topological polar surface area (TPSA) is 67.6 Å². The zero-order valence-corrected chi connectivity index (χ0v) is 10.7. The minimum Gasteiger partial charge on any atom is -0.324 e. The number of benzene rings is 1. The maximum Gasteiger partial charge on any atom is 0.164 e. The normalized spacial score (nSPS) is 10.7. The van der Waals surface area contributed by atoms with Gasteiger partial charge in [0.15, 0.2) is 5.82 Å². The van der Waals surface area contributed by atoms with Gasteiger partial charge in [0.25, 0.3) is 0 Å². The van der Waals surface area contributed by atoms with E-state index in [-0.39, 0.29) is 0 Å². The summed E-state index contributed by atoms with van der Waals surface area (Å²) in [5, 5.41) is 7.52. The quantitative estimate of drug-likeness (QED) is 0.914. The summed E-state index contributed by atoms with van der Waals surface area (Å²) < 4.78 is 0.880. The summed E-state index contributed by atoms with van der Waals surface area (Å²) >= 11 is 9.29. The van der Waals surface area contributed by atoms with Crippen molar-refractivity contribution in [3.63, 3.8) is 0 Å². The second-order valence-corrected chi connectivity index (χ2v) is 4.59. The van der Waals surface area contributed by atoms with Gasteiger partial charge in [0.2, 0.25) is 0 Å². The number of aromatic amines is 1. The average molecular weight is 302 g/mol. The Morgan fingerprint density at radius 2 is 2.25 bits per heavy atom. The molecule has 0 saturated carbocycles. The first-order chi connectivity index (χ1) is 7.69. The summed E-state index contributed by atoms with van der Waals surface area (Å²) in [5.74, 6) is 1.43. The van der Waals surface area contributed by atoms with Crippen molar-refractivity contribution in [1.29, 1.82) is 0 Å². The maximum absolute atomic E-state index is 5.91. The monoisotopic (exact) mass is 300 g/mol. The minimum atomic E-state index is 0.348. The first-order valence-corrected chi connectivity index (χ1v) is 5.90. The van der Waals surface area contributed by atoms with Crippen molar-refractivity contribution in [3.05, 3.63) is 44.9 Å². The molecule has 16 heavy (non-hydrogen) atoms. The van der Waals surface area contributed by atoms with E-state index in [9.17, 15) is 0 Å². The number of rotatable bonds is 3. The van der Waals surface area contributed by atoms with Crippen LogP contribution < -0.4 is 5.73 Å². The number of hydrogen-bond acceptors (Lipinski definition) is 3.